The molecular weight excluding hydrogens is 208 g/mol. The maximum Gasteiger partial charge on any atom is 0.119 e. The molecule has 2 saturated carbocycles. The van der Waals surface area contributed by atoms with Crippen molar-refractivity contribution in [2.45, 2.75) is 46.0 Å². The van der Waals surface area contributed by atoms with Crippen LogP contribution in [-0.4, -0.2) is 5.11 Å². The van der Waals surface area contributed by atoms with E-state index < -0.39 is 0 Å². The lowest BCUT2D eigenvalue weighted by molar-refractivity contribution is 0.156. The molecule has 92 valence electrons. The lowest BCUT2D eigenvalue weighted by atomic mass is 9.65. The summed E-state index contributed by atoms with van der Waals surface area (Å²) in [5, 5.41) is 10.0. The van der Waals surface area contributed by atoms with Crippen LogP contribution in [0, 0.1) is 16.7 Å². The summed E-state index contributed by atoms with van der Waals surface area (Å²) in [4.78, 5) is 0. The molecule has 1 aromatic rings. The molecule has 2 bridgehead atoms. The number of rotatable bonds is 1. The fraction of sp³-hybridized carbons (Fsp3) is 0.625. The zero-order valence-electron chi connectivity index (χ0n) is 11.0. The molecule has 0 aromatic heterocycles. The highest BCUT2D eigenvalue weighted by Crippen LogP contribution is 2.68. The minimum Gasteiger partial charge on any atom is -0.508 e. The van der Waals surface area contributed by atoms with Gasteiger partial charge in [0, 0.05) is 0 Å². The number of benzene rings is 1. The van der Waals surface area contributed by atoms with Crippen LogP contribution in [0.4, 0.5) is 0 Å². The number of hydrogen-bond acceptors (Lipinski definition) is 1. The van der Waals surface area contributed by atoms with Gasteiger partial charge in [0.15, 0.2) is 0 Å². The second-order valence-electron chi connectivity index (χ2n) is 7.07. The van der Waals surface area contributed by atoms with Crippen molar-refractivity contribution in [3.8, 4) is 5.75 Å². The van der Waals surface area contributed by atoms with E-state index in [1.165, 1.54) is 24.8 Å². The number of hydrogen-bond donors (Lipinski definition) is 1. The Morgan fingerprint density at radius 2 is 1.88 bits per heavy atom. The van der Waals surface area contributed by atoms with Crippen molar-refractivity contribution in [3.05, 3.63) is 29.8 Å². The Kier molecular flexibility index (Phi) is 2.14. The molecule has 3 rings (SSSR count). The van der Waals surface area contributed by atoms with Crippen molar-refractivity contribution in [1.82, 2.24) is 0 Å². The van der Waals surface area contributed by atoms with Crippen LogP contribution in [0.25, 0.3) is 0 Å². The van der Waals surface area contributed by atoms with E-state index in [-0.39, 0.29) is 0 Å². The monoisotopic (exact) mass is 230 g/mol. The van der Waals surface area contributed by atoms with Crippen molar-refractivity contribution >= 4 is 0 Å². The first-order valence-electron chi connectivity index (χ1n) is 6.70. The van der Waals surface area contributed by atoms with Gasteiger partial charge in [-0.25, -0.2) is 0 Å². The number of aromatic hydroxyl groups is 1. The zero-order chi connectivity index (χ0) is 12.3. The van der Waals surface area contributed by atoms with Gasteiger partial charge in [0.05, 0.1) is 0 Å². The summed E-state index contributed by atoms with van der Waals surface area (Å²) >= 11 is 0. The van der Waals surface area contributed by atoms with E-state index in [0.29, 0.717) is 22.5 Å². The fourth-order valence-electron chi connectivity index (χ4n) is 4.62. The summed E-state index contributed by atoms with van der Waals surface area (Å²) in [6.07, 6.45) is 3.88. The van der Waals surface area contributed by atoms with Gasteiger partial charge in [-0.2, -0.15) is 0 Å². The fourth-order valence-corrected chi connectivity index (χ4v) is 4.62. The molecule has 1 aromatic carbocycles. The Morgan fingerprint density at radius 3 is 2.41 bits per heavy atom. The highest BCUT2D eigenvalue weighted by atomic mass is 16.3. The van der Waals surface area contributed by atoms with Gasteiger partial charge in [0.25, 0.3) is 0 Å². The SMILES string of the molecule is CC1(C)C[C@@]2(C)C[C@H]1C[C@@H]2c1ccccc1O. The van der Waals surface area contributed by atoms with Gasteiger partial charge in [0.1, 0.15) is 5.75 Å². The molecule has 0 saturated heterocycles. The Balaban J connectivity index is 1.97. The summed E-state index contributed by atoms with van der Waals surface area (Å²) in [6, 6.07) is 7.91. The number of phenolic OH excluding ortho intramolecular Hbond substituents is 1. The van der Waals surface area contributed by atoms with Gasteiger partial charge < -0.3 is 5.11 Å². The molecule has 2 aliphatic rings. The molecule has 1 heteroatoms. The molecule has 2 aliphatic carbocycles. The molecule has 3 atom stereocenters. The normalized spacial score (nSPS) is 38.5. The van der Waals surface area contributed by atoms with Crippen LogP contribution in [0.2, 0.25) is 0 Å². The molecule has 0 heterocycles. The standard InChI is InChI=1S/C16H22O/c1-15(2)10-16(3)9-11(15)8-13(16)12-6-4-5-7-14(12)17/h4-7,11,13,17H,8-10H2,1-3H3/t11-,13-,16-/m1/s1. The van der Waals surface area contributed by atoms with E-state index in [0.717, 1.165) is 5.92 Å². The molecule has 0 radical (unpaired) electrons. The van der Waals surface area contributed by atoms with Gasteiger partial charge in [0.2, 0.25) is 0 Å². The molecule has 1 N–H and O–H groups in total. The first-order valence-corrected chi connectivity index (χ1v) is 6.70. The molecule has 0 amide bonds. The lowest BCUT2D eigenvalue weighted by Gasteiger charge is -2.39. The predicted octanol–water partition coefficient (Wildman–Crippen LogP) is 4.32. The van der Waals surface area contributed by atoms with Gasteiger partial charge >= 0.3 is 0 Å². The van der Waals surface area contributed by atoms with E-state index in [1.807, 2.05) is 12.1 Å². The minimum atomic E-state index is 0.396. The van der Waals surface area contributed by atoms with E-state index in [2.05, 4.69) is 32.9 Å². The Bertz CT molecular complexity index is 449. The second kappa shape index (κ2) is 3.28. The molecule has 0 aliphatic heterocycles. The first-order chi connectivity index (χ1) is 7.92. The van der Waals surface area contributed by atoms with Crippen molar-refractivity contribution in [3.63, 3.8) is 0 Å². The third-order valence-electron chi connectivity index (χ3n) is 5.35. The topological polar surface area (TPSA) is 20.2 Å². The van der Waals surface area contributed by atoms with E-state index >= 15 is 0 Å². The summed E-state index contributed by atoms with van der Waals surface area (Å²) < 4.78 is 0. The van der Waals surface area contributed by atoms with Gasteiger partial charge in [-0.15, -0.1) is 0 Å². The van der Waals surface area contributed by atoms with Crippen molar-refractivity contribution < 1.29 is 5.11 Å². The van der Waals surface area contributed by atoms with Gasteiger partial charge in [-0.1, -0.05) is 39.0 Å². The predicted molar refractivity (Wildman–Crippen MR) is 70.1 cm³/mol. The number of para-hydroxylation sites is 1. The molecule has 17 heavy (non-hydrogen) atoms. The largest absolute Gasteiger partial charge is 0.508 e. The lowest BCUT2D eigenvalue weighted by Crippen LogP contribution is -2.28. The van der Waals surface area contributed by atoms with Crippen molar-refractivity contribution in [2.75, 3.05) is 0 Å². The zero-order valence-corrected chi connectivity index (χ0v) is 11.0. The van der Waals surface area contributed by atoms with E-state index in [1.54, 1.807) is 0 Å². The van der Waals surface area contributed by atoms with Crippen LogP contribution in [0.15, 0.2) is 24.3 Å². The van der Waals surface area contributed by atoms with Gasteiger partial charge in [-0.05, 0) is 53.6 Å². The van der Waals surface area contributed by atoms with Crippen LogP contribution < -0.4 is 0 Å². The van der Waals surface area contributed by atoms with Crippen molar-refractivity contribution in [2.24, 2.45) is 16.7 Å². The Hall–Kier alpha value is -0.980. The molecule has 1 nitrogen and oxygen atoms in total. The third kappa shape index (κ3) is 1.51. The Labute approximate surface area is 104 Å². The Morgan fingerprint density at radius 1 is 1.18 bits per heavy atom. The van der Waals surface area contributed by atoms with Crippen LogP contribution in [0.5, 0.6) is 5.75 Å². The summed E-state index contributed by atoms with van der Waals surface area (Å²) in [7, 11) is 0. The summed E-state index contributed by atoms with van der Waals surface area (Å²) in [6.45, 7) is 7.23. The number of phenols is 1. The molecular formula is C16H22O. The van der Waals surface area contributed by atoms with Gasteiger partial charge in [-0.3, -0.25) is 0 Å². The van der Waals surface area contributed by atoms with E-state index in [9.17, 15) is 5.11 Å². The first kappa shape index (κ1) is 11.1. The van der Waals surface area contributed by atoms with Crippen LogP contribution in [0.3, 0.4) is 0 Å². The maximum absolute atomic E-state index is 10.0. The van der Waals surface area contributed by atoms with Crippen molar-refractivity contribution in [1.29, 1.82) is 0 Å². The van der Waals surface area contributed by atoms with Crippen LogP contribution in [0.1, 0.15) is 51.5 Å². The van der Waals surface area contributed by atoms with Crippen LogP contribution >= 0.6 is 0 Å². The average Bonchev–Trinajstić information content (AvgIpc) is 2.66. The summed E-state index contributed by atoms with van der Waals surface area (Å²) in [5.41, 5.74) is 2.07. The highest BCUT2D eigenvalue weighted by Gasteiger charge is 2.57. The average molecular weight is 230 g/mol. The minimum absolute atomic E-state index is 0.396. The van der Waals surface area contributed by atoms with Crippen LogP contribution in [-0.2, 0) is 0 Å². The highest BCUT2D eigenvalue weighted by molar-refractivity contribution is 5.38. The smallest absolute Gasteiger partial charge is 0.119 e. The molecule has 0 unspecified atom stereocenters. The third-order valence-corrected chi connectivity index (χ3v) is 5.35. The summed E-state index contributed by atoms with van der Waals surface area (Å²) in [5.74, 6) is 1.88. The quantitative estimate of drug-likeness (QED) is 0.761. The second-order valence-corrected chi connectivity index (χ2v) is 7.07. The van der Waals surface area contributed by atoms with E-state index in [4.69, 9.17) is 0 Å². The number of fused-ring (bicyclic) bond motifs is 2. The molecule has 2 fully saturated rings. The maximum atomic E-state index is 10.0. The molecule has 0 spiro atoms.